The number of hydrogen-bond acceptors (Lipinski definition) is 4. The Balaban J connectivity index is 2.21. The van der Waals surface area contributed by atoms with Crippen molar-refractivity contribution in [3.63, 3.8) is 0 Å². The van der Waals surface area contributed by atoms with Gasteiger partial charge in [0, 0.05) is 11.1 Å². The van der Waals surface area contributed by atoms with Crippen LogP contribution in [0.5, 0.6) is 0 Å². The highest BCUT2D eigenvalue weighted by molar-refractivity contribution is 7.80. The fraction of sp³-hybridized carbons (Fsp3) is 0.0909. The van der Waals surface area contributed by atoms with Crippen LogP contribution in [0.25, 0.3) is 0 Å². The Hall–Kier alpha value is -1.53. The van der Waals surface area contributed by atoms with E-state index in [2.05, 4.69) is 10.3 Å². The minimum absolute atomic E-state index is 0.0453. The summed E-state index contributed by atoms with van der Waals surface area (Å²) in [6.45, 7) is 0.516. The van der Waals surface area contributed by atoms with Crippen molar-refractivity contribution in [3.05, 3.63) is 46.2 Å². The van der Waals surface area contributed by atoms with Gasteiger partial charge in [-0.1, -0.05) is 18.3 Å². The Morgan fingerprint density at radius 1 is 1.53 bits per heavy atom. The summed E-state index contributed by atoms with van der Waals surface area (Å²) in [5.74, 6) is -0.416. The first-order chi connectivity index (χ1) is 8.18. The van der Waals surface area contributed by atoms with E-state index in [0.717, 1.165) is 5.69 Å². The molecule has 3 N–H and O–H groups in total. The van der Waals surface area contributed by atoms with Crippen LogP contribution in [0.3, 0.4) is 0 Å². The first-order valence-electron chi connectivity index (χ1n) is 4.87. The minimum Gasteiger partial charge on any atom is -0.389 e. The Labute approximate surface area is 107 Å². The van der Waals surface area contributed by atoms with Crippen molar-refractivity contribution >= 4 is 34.2 Å². The maximum atomic E-state index is 13.5. The van der Waals surface area contributed by atoms with E-state index in [0.29, 0.717) is 12.2 Å². The third-order valence-corrected chi connectivity index (χ3v) is 3.04. The second-order valence-electron chi connectivity index (χ2n) is 3.36. The highest BCUT2D eigenvalue weighted by Gasteiger charge is 2.10. The van der Waals surface area contributed by atoms with Gasteiger partial charge in [-0.05, 0) is 12.1 Å². The zero-order valence-corrected chi connectivity index (χ0v) is 10.4. The van der Waals surface area contributed by atoms with E-state index in [4.69, 9.17) is 18.0 Å². The minimum atomic E-state index is -0.416. The molecule has 1 aromatic heterocycles. The molecular weight excluding hydrogens is 257 g/mol. The van der Waals surface area contributed by atoms with Gasteiger partial charge in [-0.25, -0.2) is 9.37 Å². The summed E-state index contributed by atoms with van der Waals surface area (Å²) in [7, 11) is 0. The van der Waals surface area contributed by atoms with Crippen molar-refractivity contribution in [3.8, 4) is 0 Å². The first kappa shape index (κ1) is 11.9. The van der Waals surface area contributed by atoms with E-state index in [1.807, 2.05) is 5.38 Å². The van der Waals surface area contributed by atoms with Crippen LogP contribution in [-0.2, 0) is 6.54 Å². The van der Waals surface area contributed by atoms with Crippen molar-refractivity contribution in [1.82, 2.24) is 4.98 Å². The molecular formula is C11H10FN3S2. The third kappa shape index (κ3) is 2.78. The number of aromatic nitrogens is 1. The number of thiazole rings is 1. The number of thiocarbonyl (C=S) groups is 1. The monoisotopic (exact) mass is 267 g/mol. The van der Waals surface area contributed by atoms with Crippen LogP contribution in [-0.4, -0.2) is 9.97 Å². The van der Waals surface area contributed by atoms with Gasteiger partial charge in [0.1, 0.15) is 10.8 Å². The van der Waals surface area contributed by atoms with Gasteiger partial charge in [-0.15, -0.1) is 11.3 Å². The van der Waals surface area contributed by atoms with Crippen LogP contribution in [0.1, 0.15) is 11.3 Å². The van der Waals surface area contributed by atoms with Crippen molar-refractivity contribution in [2.45, 2.75) is 6.54 Å². The lowest BCUT2D eigenvalue weighted by atomic mass is 10.1. The van der Waals surface area contributed by atoms with Crippen molar-refractivity contribution in [2.24, 2.45) is 5.73 Å². The summed E-state index contributed by atoms with van der Waals surface area (Å²) in [6.07, 6.45) is 0. The number of halogens is 1. The molecule has 0 atom stereocenters. The molecule has 0 aliphatic carbocycles. The predicted molar refractivity (Wildman–Crippen MR) is 71.7 cm³/mol. The lowest BCUT2D eigenvalue weighted by Crippen LogP contribution is -2.15. The number of rotatable bonds is 4. The Morgan fingerprint density at radius 2 is 2.35 bits per heavy atom. The SMILES string of the molecule is NC(=S)c1c(F)cccc1NCc1cscn1. The van der Waals surface area contributed by atoms with Crippen molar-refractivity contribution in [2.75, 3.05) is 5.32 Å². The Bertz CT molecular complexity index is 526. The highest BCUT2D eigenvalue weighted by Crippen LogP contribution is 2.19. The zero-order chi connectivity index (χ0) is 12.3. The second-order valence-corrected chi connectivity index (χ2v) is 4.52. The number of nitrogens with zero attached hydrogens (tertiary/aromatic N) is 1. The van der Waals surface area contributed by atoms with E-state index in [-0.39, 0.29) is 10.6 Å². The highest BCUT2D eigenvalue weighted by atomic mass is 32.1. The maximum absolute atomic E-state index is 13.5. The quantitative estimate of drug-likeness (QED) is 0.836. The molecule has 0 saturated heterocycles. The molecule has 0 radical (unpaired) electrons. The number of nitrogens with two attached hydrogens (primary N) is 1. The summed E-state index contributed by atoms with van der Waals surface area (Å²) in [6, 6.07) is 4.69. The molecule has 0 unspecified atom stereocenters. The summed E-state index contributed by atoms with van der Waals surface area (Å²) in [4.78, 5) is 4.17. The molecule has 0 spiro atoms. The maximum Gasteiger partial charge on any atom is 0.135 e. The molecule has 0 bridgehead atoms. The van der Waals surface area contributed by atoms with Gasteiger partial charge < -0.3 is 11.1 Å². The van der Waals surface area contributed by atoms with Gasteiger partial charge in [-0.2, -0.15) is 0 Å². The average Bonchev–Trinajstić information content (AvgIpc) is 2.78. The summed E-state index contributed by atoms with van der Waals surface area (Å²) in [5, 5.41) is 5.00. The van der Waals surface area contributed by atoms with Crippen molar-refractivity contribution in [1.29, 1.82) is 0 Å². The van der Waals surface area contributed by atoms with Crippen molar-refractivity contribution < 1.29 is 4.39 Å². The number of hydrogen-bond donors (Lipinski definition) is 2. The molecule has 88 valence electrons. The molecule has 1 aromatic carbocycles. The average molecular weight is 267 g/mol. The van der Waals surface area contributed by atoms with E-state index in [1.54, 1.807) is 17.6 Å². The lowest BCUT2D eigenvalue weighted by molar-refractivity contribution is 0.626. The molecule has 1 heterocycles. The van der Waals surface area contributed by atoms with E-state index in [9.17, 15) is 4.39 Å². The summed E-state index contributed by atoms with van der Waals surface area (Å²) >= 11 is 6.35. The van der Waals surface area contributed by atoms with Crippen LogP contribution < -0.4 is 11.1 Å². The van der Waals surface area contributed by atoms with Crippen LogP contribution in [0, 0.1) is 5.82 Å². The van der Waals surface area contributed by atoms with Crippen LogP contribution >= 0.6 is 23.6 Å². The predicted octanol–water partition coefficient (Wildman–Crippen LogP) is 2.53. The van der Waals surface area contributed by atoms with Gasteiger partial charge in [0.25, 0.3) is 0 Å². The Kier molecular flexibility index (Phi) is 3.65. The van der Waals surface area contributed by atoms with Gasteiger partial charge in [-0.3, -0.25) is 0 Å². The molecule has 0 aliphatic rings. The fourth-order valence-electron chi connectivity index (χ4n) is 1.43. The van der Waals surface area contributed by atoms with E-state index in [1.165, 1.54) is 17.4 Å². The third-order valence-electron chi connectivity index (χ3n) is 2.20. The Morgan fingerprint density at radius 3 is 3.00 bits per heavy atom. The van der Waals surface area contributed by atoms with Gasteiger partial charge >= 0.3 is 0 Å². The molecule has 0 aliphatic heterocycles. The van der Waals surface area contributed by atoms with Crippen LogP contribution in [0.4, 0.5) is 10.1 Å². The summed E-state index contributed by atoms with van der Waals surface area (Å²) in [5.41, 5.74) is 8.98. The summed E-state index contributed by atoms with van der Waals surface area (Å²) < 4.78 is 13.5. The number of benzene rings is 1. The van der Waals surface area contributed by atoms with Gasteiger partial charge in [0.15, 0.2) is 0 Å². The van der Waals surface area contributed by atoms with Gasteiger partial charge in [0.05, 0.1) is 23.3 Å². The fourth-order valence-corrected chi connectivity index (χ4v) is 2.20. The molecule has 0 saturated carbocycles. The molecule has 0 fully saturated rings. The van der Waals surface area contributed by atoms with E-state index < -0.39 is 5.82 Å². The molecule has 3 nitrogen and oxygen atoms in total. The van der Waals surface area contributed by atoms with E-state index >= 15 is 0 Å². The molecule has 2 aromatic rings. The second kappa shape index (κ2) is 5.20. The van der Waals surface area contributed by atoms with Gasteiger partial charge in [0.2, 0.25) is 0 Å². The van der Waals surface area contributed by atoms with Crippen LogP contribution in [0.2, 0.25) is 0 Å². The molecule has 2 rings (SSSR count). The van der Waals surface area contributed by atoms with Crippen LogP contribution in [0.15, 0.2) is 29.1 Å². The number of nitrogens with one attached hydrogen (secondary N) is 1. The molecule has 17 heavy (non-hydrogen) atoms. The molecule has 0 amide bonds. The topological polar surface area (TPSA) is 50.9 Å². The largest absolute Gasteiger partial charge is 0.389 e. The normalized spacial score (nSPS) is 10.2. The lowest BCUT2D eigenvalue weighted by Gasteiger charge is -2.10. The first-order valence-corrected chi connectivity index (χ1v) is 6.23. The zero-order valence-electron chi connectivity index (χ0n) is 8.81. The standard InChI is InChI=1S/C11H10FN3S2/c12-8-2-1-3-9(10(8)11(13)16)14-4-7-5-17-6-15-7/h1-3,5-6,14H,4H2,(H2,13,16). The molecule has 6 heteroatoms. The smallest absolute Gasteiger partial charge is 0.135 e. The number of anilines is 1.